The van der Waals surface area contributed by atoms with Gasteiger partial charge in [-0.15, -0.1) is 0 Å². The molecule has 38 valence electrons. The van der Waals surface area contributed by atoms with Gasteiger partial charge in [-0.25, -0.2) is 5.26 Å². The molecule has 1 N–H and O–H groups in total. The van der Waals surface area contributed by atoms with Crippen molar-refractivity contribution in [3.63, 3.8) is 0 Å². The Morgan fingerprint density at radius 2 is 2.00 bits per heavy atom. The summed E-state index contributed by atoms with van der Waals surface area (Å²) in [5.41, 5.74) is 0. The zero-order valence-corrected chi connectivity index (χ0v) is 3.61. The zero-order chi connectivity index (χ0) is 4.28. The van der Waals surface area contributed by atoms with Crippen LogP contribution in [0.3, 0.4) is 0 Å². The van der Waals surface area contributed by atoms with Gasteiger partial charge in [0.05, 0.1) is 0 Å². The molecule has 4 heteroatoms. The maximum atomic E-state index is 9.49. The molecule has 6 heavy (non-hydrogen) atoms. The Hall–Kier alpha value is 0.0200. The summed E-state index contributed by atoms with van der Waals surface area (Å²) in [6.07, 6.45) is 0. The molecule has 0 saturated carbocycles. The minimum atomic E-state index is -1.79. The Labute approximate surface area is 37.7 Å². The van der Waals surface area contributed by atoms with Crippen molar-refractivity contribution in [2.24, 2.45) is 0 Å². The summed E-state index contributed by atoms with van der Waals surface area (Å²) in [5.74, 6) is 0. The van der Waals surface area contributed by atoms with E-state index in [4.69, 9.17) is 5.26 Å². The molecule has 0 fully saturated rings. The van der Waals surface area contributed by atoms with E-state index >= 15 is 0 Å². The highest BCUT2D eigenvalue weighted by molar-refractivity contribution is 7.37. The minimum absolute atomic E-state index is 0. The van der Waals surface area contributed by atoms with Crippen LogP contribution in [-0.2, 0) is 9.24 Å². The van der Waals surface area contributed by atoms with Crippen LogP contribution in [0.4, 0.5) is 0 Å². The van der Waals surface area contributed by atoms with Gasteiger partial charge < -0.3 is 0 Å². The van der Waals surface area contributed by atoms with Crippen molar-refractivity contribution in [1.82, 2.24) is 0 Å². The monoisotopic (exact) mass is 111 g/mol. The van der Waals surface area contributed by atoms with E-state index in [2.05, 4.69) is 4.67 Å². The topological polar surface area (TPSA) is 46.5 Å². The summed E-state index contributed by atoms with van der Waals surface area (Å²) in [6.45, 7) is 1.26. The molecule has 0 saturated heterocycles. The van der Waals surface area contributed by atoms with E-state index in [-0.39, 0.29) is 7.43 Å². The van der Waals surface area contributed by atoms with Crippen molar-refractivity contribution >= 4 is 8.03 Å². The molecule has 0 bridgehead atoms. The minimum Gasteiger partial charge on any atom is -0.204 e. The molecule has 0 amide bonds. The quantitative estimate of drug-likeness (QED) is 0.316. The van der Waals surface area contributed by atoms with E-state index in [1.165, 1.54) is 6.66 Å². The largest absolute Gasteiger partial charge is 0.536 e. The molecule has 1 atom stereocenters. The maximum Gasteiger partial charge on any atom is 0.536 e. The van der Waals surface area contributed by atoms with Gasteiger partial charge in [0, 0.05) is 4.67 Å². The highest BCUT2D eigenvalue weighted by Gasteiger charge is 1.99. The second-order valence-corrected chi connectivity index (χ2v) is 1.56. The van der Waals surface area contributed by atoms with Crippen LogP contribution in [0.2, 0.25) is 0 Å². The van der Waals surface area contributed by atoms with E-state index in [0.29, 0.717) is 0 Å². The van der Waals surface area contributed by atoms with Crippen molar-refractivity contribution < 1.29 is 14.5 Å². The SMILES string of the molecule is C.C[P+](=O)OO. The van der Waals surface area contributed by atoms with E-state index < -0.39 is 8.03 Å². The second kappa shape index (κ2) is 5.02. The third-order valence-corrected chi connectivity index (χ3v) is 0.345. The van der Waals surface area contributed by atoms with Gasteiger partial charge >= 0.3 is 8.03 Å². The van der Waals surface area contributed by atoms with Gasteiger partial charge in [-0.1, -0.05) is 7.43 Å². The molecule has 0 aliphatic carbocycles. The van der Waals surface area contributed by atoms with Gasteiger partial charge in [0.25, 0.3) is 0 Å². The van der Waals surface area contributed by atoms with Crippen LogP contribution in [0.1, 0.15) is 7.43 Å². The summed E-state index contributed by atoms with van der Waals surface area (Å²) in [7, 11) is -1.79. The molecule has 1 unspecified atom stereocenters. The van der Waals surface area contributed by atoms with Crippen LogP contribution in [0.5, 0.6) is 0 Å². The maximum absolute atomic E-state index is 9.49. The summed E-state index contributed by atoms with van der Waals surface area (Å²) >= 11 is 0. The van der Waals surface area contributed by atoms with Crippen LogP contribution in [0.25, 0.3) is 0 Å². The Morgan fingerprint density at radius 1 is 1.83 bits per heavy atom. The van der Waals surface area contributed by atoms with Crippen molar-refractivity contribution in [3.8, 4) is 0 Å². The molecule has 0 aromatic rings. The Morgan fingerprint density at radius 3 is 2.00 bits per heavy atom. The van der Waals surface area contributed by atoms with E-state index in [1.807, 2.05) is 0 Å². The van der Waals surface area contributed by atoms with Gasteiger partial charge in [0.1, 0.15) is 0 Å². The van der Waals surface area contributed by atoms with Crippen LogP contribution in [0, 0.1) is 0 Å². The molecule has 0 heterocycles. The lowest BCUT2D eigenvalue weighted by molar-refractivity contribution is -0.129. The van der Waals surface area contributed by atoms with Crippen LogP contribution in [-0.4, -0.2) is 11.9 Å². The summed E-state index contributed by atoms with van der Waals surface area (Å²) < 4.78 is 12.7. The average Bonchev–Trinajstić information content (AvgIpc) is 1.38. The fourth-order valence-corrected chi connectivity index (χ4v) is 0. The highest BCUT2D eigenvalue weighted by Crippen LogP contribution is 2.10. The van der Waals surface area contributed by atoms with Gasteiger partial charge in [0.15, 0.2) is 6.66 Å². The second-order valence-electron chi connectivity index (χ2n) is 0.521. The smallest absolute Gasteiger partial charge is 0.204 e. The first kappa shape index (κ1) is 9.39. The summed E-state index contributed by atoms with van der Waals surface area (Å²) in [6, 6.07) is 0. The molecule has 0 aliphatic heterocycles. The van der Waals surface area contributed by atoms with Gasteiger partial charge in [-0.3, -0.25) is 0 Å². The predicted octanol–water partition coefficient (Wildman–Crippen LogP) is 1.48. The lowest BCUT2D eigenvalue weighted by atomic mass is 12.0. The van der Waals surface area contributed by atoms with Crippen molar-refractivity contribution in [2.75, 3.05) is 6.66 Å². The normalized spacial score (nSPS) is 9.33. The first-order valence-electron chi connectivity index (χ1n) is 0.995. The van der Waals surface area contributed by atoms with Gasteiger partial charge in [-0.05, 0) is 4.57 Å². The molecule has 0 spiro atoms. The molecule has 0 radical (unpaired) electrons. The number of rotatable bonds is 1. The number of hydrogen-bond donors (Lipinski definition) is 1. The lowest BCUT2D eigenvalue weighted by Crippen LogP contribution is -1.58. The molecular weight excluding hydrogens is 103 g/mol. The fourth-order valence-electron chi connectivity index (χ4n) is 0. The van der Waals surface area contributed by atoms with Crippen molar-refractivity contribution in [3.05, 3.63) is 0 Å². The number of hydrogen-bond acceptors (Lipinski definition) is 3. The first-order valence-corrected chi connectivity index (χ1v) is 2.62. The zero-order valence-electron chi connectivity index (χ0n) is 2.71. The predicted molar refractivity (Wildman–Crippen MR) is 24.0 cm³/mol. The average molecular weight is 111 g/mol. The fraction of sp³-hybridized carbons (Fsp3) is 1.00. The Kier molecular flexibility index (Phi) is 7.85. The Balaban J connectivity index is 0. The molecule has 0 aromatic heterocycles. The van der Waals surface area contributed by atoms with Crippen LogP contribution >= 0.6 is 8.03 Å². The molecule has 0 aromatic carbocycles. The van der Waals surface area contributed by atoms with Crippen LogP contribution < -0.4 is 0 Å². The molecular formula is C2H8O3P+. The van der Waals surface area contributed by atoms with Gasteiger partial charge in [0.2, 0.25) is 0 Å². The lowest BCUT2D eigenvalue weighted by Gasteiger charge is -1.56. The summed E-state index contributed by atoms with van der Waals surface area (Å²) in [5, 5.41) is 7.36. The third-order valence-electron chi connectivity index (χ3n) is 0.115. The third kappa shape index (κ3) is 8.99. The van der Waals surface area contributed by atoms with Crippen LogP contribution in [0.15, 0.2) is 0 Å². The molecule has 0 rings (SSSR count). The van der Waals surface area contributed by atoms with Crippen molar-refractivity contribution in [1.29, 1.82) is 0 Å². The van der Waals surface area contributed by atoms with E-state index in [0.717, 1.165) is 0 Å². The Bertz CT molecular complexity index is 44.1. The standard InChI is InChI=1S/CH3O3P.CH4/c1-5(3)4-2;/h1H3;1H4/p+1. The highest BCUT2D eigenvalue weighted by atomic mass is 31.1. The van der Waals surface area contributed by atoms with E-state index in [9.17, 15) is 4.57 Å². The molecule has 0 aliphatic rings. The summed E-state index contributed by atoms with van der Waals surface area (Å²) in [4.78, 5) is 0. The van der Waals surface area contributed by atoms with E-state index in [1.54, 1.807) is 0 Å². The molecule has 3 nitrogen and oxygen atoms in total. The first-order chi connectivity index (χ1) is 2.27. The van der Waals surface area contributed by atoms with Crippen molar-refractivity contribution in [2.45, 2.75) is 7.43 Å². The van der Waals surface area contributed by atoms with Gasteiger partial charge in [-0.2, -0.15) is 0 Å².